The van der Waals surface area contributed by atoms with Gasteiger partial charge in [0, 0.05) is 18.3 Å². The van der Waals surface area contributed by atoms with E-state index in [0.717, 1.165) is 25.7 Å². The van der Waals surface area contributed by atoms with E-state index in [-0.39, 0.29) is 28.8 Å². The molecule has 30 heavy (non-hydrogen) atoms. The molecular formula is C27H42O3. The third kappa shape index (κ3) is 3.44. The van der Waals surface area contributed by atoms with Gasteiger partial charge < -0.3 is 5.11 Å². The van der Waals surface area contributed by atoms with Crippen molar-refractivity contribution in [1.29, 1.82) is 0 Å². The lowest BCUT2D eigenvalue weighted by Gasteiger charge is -2.57. The molecule has 4 aliphatic rings. The molecule has 3 saturated carbocycles. The van der Waals surface area contributed by atoms with E-state index >= 15 is 0 Å². The molecule has 0 saturated heterocycles. The van der Waals surface area contributed by atoms with Crippen LogP contribution in [0.2, 0.25) is 0 Å². The average Bonchev–Trinajstić information content (AvgIpc) is 3.04. The first-order chi connectivity index (χ1) is 14.1. The predicted molar refractivity (Wildman–Crippen MR) is 120 cm³/mol. The van der Waals surface area contributed by atoms with Gasteiger partial charge in [-0.1, -0.05) is 40.2 Å². The van der Waals surface area contributed by atoms with Crippen LogP contribution in [-0.2, 0) is 9.59 Å². The number of carbonyl (C=O) groups excluding carboxylic acids is 2. The summed E-state index contributed by atoms with van der Waals surface area (Å²) >= 11 is 0. The maximum atomic E-state index is 13.4. The first-order valence-electron chi connectivity index (χ1n) is 12.5. The standard InChI is InChI=1S/C27H42O3/c1-16(2)23(29)9-6-17(3)20-7-8-21-25-22(11-13-27(20,21)5)26(4)12-10-19(28)14-18(26)15-24(25)30/h15-17,19-22,25,28H,6-14H2,1-5H3/t17-,19+,20-,21?,22?,25?,26+,27-/m1/s1. The van der Waals surface area contributed by atoms with Gasteiger partial charge >= 0.3 is 0 Å². The van der Waals surface area contributed by atoms with Gasteiger partial charge in [-0.25, -0.2) is 0 Å². The van der Waals surface area contributed by atoms with Gasteiger partial charge in [-0.15, -0.1) is 0 Å². The van der Waals surface area contributed by atoms with Gasteiger partial charge in [0.15, 0.2) is 5.78 Å². The molecule has 0 heterocycles. The van der Waals surface area contributed by atoms with Gasteiger partial charge in [-0.05, 0) is 91.9 Å². The van der Waals surface area contributed by atoms with Crippen molar-refractivity contribution < 1.29 is 14.7 Å². The quantitative estimate of drug-likeness (QED) is 0.623. The molecule has 0 aromatic rings. The lowest BCUT2D eigenvalue weighted by atomic mass is 9.46. The van der Waals surface area contributed by atoms with Crippen LogP contribution in [0.4, 0.5) is 0 Å². The fraction of sp³-hybridized carbons (Fsp3) is 0.852. The summed E-state index contributed by atoms with van der Waals surface area (Å²) in [5, 5.41) is 10.2. The maximum Gasteiger partial charge on any atom is 0.159 e. The summed E-state index contributed by atoms with van der Waals surface area (Å²) in [5.41, 5.74) is 1.56. The second-order valence-electron chi connectivity index (χ2n) is 12.0. The molecule has 0 aliphatic heterocycles. The van der Waals surface area contributed by atoms with Gasteiger partial charge in [0.05, 0.1) is 6.10 Å². The molecule has 0 spiro atoms. The molecule has 0 bridgehead atoms. The van der Waals surface area contributed by atoms with E-state index in [2.05, 4.69) is 20.8 Å². The lowest BCUT2D eigenvalue weighted by Crippen LogP contribution is -2.53. The summed E-state index contributed by atoms with van der Waals surface area (Å²) < 4.78 is 0. The Labute approximate surface area is 183 Å². The highest BCUT2D eigenvalue weighted by Crippen LogP contribution is 2.66. The van der Waals surface area contributed by atoms with E-state index in [1.807, 2.05) is 19.9 Å². The summed E-state index contributed by atoms with van der Waals surface area (Å²) in [4.78, 5) is 25.6. The number of hydrogen-bond donors (Lipinski definition) is 1. The van der Waals surface area contributed by atoms with Gasteiger partial charge in [-0.3, -0.25) is 9.59 Å². The summed E-state index contributed by atoms with van der Waals surface area (Å²) in [6.07, 6.45) is 10.7. The van der Waals surface area contributed by atoms with Crippen LogP contribution < -0.4 is 0 Å². The smallest absolute Gasteiger partial charge is 0.159 e. The van der Waals surface area contributed by atoms with Crippen LogP contribution in [0.3, 0.4) is 0 Å². The second-order valence-corrected chi connectivity index (χ2v) is 12.0. The summed E-state index contributed by atoms with van der Waals surface area (Å²) in [6.45, 7) is 11.2. The topological polar surface area (TPSA) is 54.4 Å². The Balaban J connectivity index is 1.54. The SMILES string of the molecule is CC(C)C(=O)CC[C@@H](C)[C@H]1CCC2C3C(=O)C=C4C[C@@H](O)CC[C@]4(C)C3CC[C@@]21C. The normalized spacial score (nSPS) is 44.2. The van der Waals surface area contributed by atoms with Crippen molar-refractivity contribution in [3.05, 3.63) is 11.6 Å². The molecule has 4 aliphatic carbocycles. The largest absolute Gasteiger partial charge is 0.393 e. The van der Waals surface area contributed by atoms with E-state index in [1.54, 1.807) is 0 Å². The Kier molecular flexibility index (Phi) is 5.83. The second kappa shape index (κ2) is 7.87. The zero-order valence-corrected chi connectivity index (χ0v) is 19.7. The van der Waals surface area contributed by atoms with Crippen LogP contribution in [0.1, 0.15) is 92.4 Å². The number of aliphatic hydroxyl groups excluding tert-OH is 1. The predicted octanol–water partition coefficient (Wildman–Crippen LogP) is 5.75. The number of allylic oxidation sites excluding steroid dienone is 1. The van der Waals surface area contributed by atoms with Crippen molar-refractivity contribution >= 4 is 11.6 Å². The highest BCUT2D eigenvalue weighted by molar-refractivity contribution is 5.94. The molecule has 0 amide bonds. The van der Waals surface area contributed by atoms with Crippen molar-refractivity contribution in [1.82, 2.24) is 0 Å². The first kappa shape index (κ1) is 22.2. The third-order valence-electron chi connectivity index (χ3n) is 10.2. The van der Waals surface area contributed by atoms with E-state index in [1.165, 1.54) is 24.8 Å². The van der Waals surface area contributed by atoms with Gasteiger partial charge in [-0.2, -0.15) is 0 Å². The Morgan fingerprint density at radius 1 is 1.10 bits per heavy atom. The van der Waals surface area contributed by atoms with Crippen molar-refractivity contribution in [2.75, 3.05) is 0 Å². The number of ketones is 2. The molecular weight excluding hydrogens is 372 g/mol. The number of hydrogen-bond acceptors (Lipinski definition) is 3. The van der Waals surface area contributed by atoms with Crippen LogP contribution in [0.25, 0.3) is 0 Å². The molecule has 168 valence electrons. The zero-order chi connectivity index (χ0) is 21.8. The van der Waals surface area contributed by atoms with Crippen molar-refractivity contribution in [2.24, 2.45) is 46.3 Å². The molecule has 8 atom stereocenters. The molecule has 3 nitrogen and oxygen atoms in total. The molecule has 4 rings (SSSR count). The van der Waals surface area contributed by atoms with Crippen LogP contribution >= 0.6 is 0 Å². The fourth-order valence-corrected chi connectivity index (χ4v) is 8.22. The number of aliphatic hydroxyl groups is 1. The molecule has 1 N–H and O–H groups in total. The number of carbonyl (C=O) groups is 2. The monoisotopic (exact) mass is 414 g/mol. The Bertz CT molecular complexity index is 736. The third-order valence-corrected chi connectivity index (χ3v) is 10.2. The lowest BCUT2D eigenvalue weighted by molar-refractivity contribution is -0.135. The molecule has 3 fully saturated rings. The Hall–Kier alpha value is -0.960. The highest BCUT2D eigenvalue weighted by Gasteiger charge is 2.61. The Morgan fingerprint density at radius 3 is 2.53 bits per heavy atom. The van der Waals surface area contributed by atoms with Gasteiger partial charge in [0.2, 0.25) is 0 Å². The minimum absolute atomic E-state index is 0.104. The number of fused-ring (bicyclic) bond motifs is 5. The van der Waals surface area contributed by atoms with Crippen LogP contribution in [0.15, 0.2) is 11.6 Å². The van der Waals surface area contributed by atoms with E-state index in [0.29, 0.717) is 48.1 Å². The summed E-state index contributed by atoms with van der Waals surface area (Å²) in [6, 6.07) is 0. The zero-order valence-electron chi connectivity index (χ0n) is 19.7. The minimum Gasteiger partial charge on any atom is -0.393 e. The van der Waals surface area contributed by atoms with Crippen molar-refractivity contribution in [3.8, 4) is 0 Å². The van der Waals surface area contributed by atoms with E-state index in [9.17, 15) is 14.7 Å². The molecule has 0 aromatic heterocycles. The van der Waals surface area contributed by atoms with Gasteiger partial charge in [0.25, 0.3) is 0 Å². The molecule has 3 heteroatoms. The molecule has 0 aromatic carbocycles. The van der Waals surface area contributed by atoms with E-state index in [4.69, 9.17) is 0 Å². The van der Waals surface area contributed by atoms with Crippen LogP contribution in [-0.4, -0.2) is 22.8 Å². The van der Waals surface area contributed by atoms with E-state index < -0.39 is 0 Å². The molecule has 0 radical (unpaired) electrons. The fourth-order valence-electron chi connectivity index (χ4n) is 8.22. The number of rotatable bonds is 5. The summed E-state index contributed by atoms with van der Waals surface area (Å²) in [7, 11) is 0. The highest BCUT2D eigenvalue weighted by atomic mass is 16.3. The average molecular weight is 415 g/mol. The summed E-state index contributed by atoms with van der Waals surface area (Å²) in [5.74, 6) is 3.15. The molecule has 3 unspecified atom stereocenters. The van der Waals surface area contributed by atoms with Crippen molar-refractivity contribution in [3.63, 3.8) is 0 Å². The van der Waals surface area contributed by atoms with Crippen LogP contribution in [0.5, 0.6) is 0 Å². The van der Waals surface area contributed by atoms with Gasteiger partial charge in [0.1, 0.15) is 5.78 Å². The minimum atomic E-state index is -0.271. The first-order valence-corrected chi connectivity index (χ1v) is 12.5. The maximum absolute atomic E-state index is 13.4. The number of Topliss-reactive ketones (excluding diaryl/α,β-unsaturated/α-hetero) is 1. The Morgan fingerprint density at radius 2 is 1.83 bits per heavy atom. The van der Waals surface area contributed by atoms with Crippen molar-refractivity contribution in [2.45, 2.75) is 98.5 Å². The van der Waals surface area contributed by atoms with Crippen LogP contribution in [0, 0.1) is 46.3 Å².